The molecule has 30 heavy (non-hydrogen) atoms. The van der Waals surface area contributed by atoms with Gasteiger partial charge in [-0.2, -0.15) is 0 Å². The van der Waals surface area contributed by atoms with E-state index in [1.807, 2.05) is 30.0 Å². The molecule has 2 aliphatic rings. The maximum absolute atomic E-state index is 13.7. The first-order chi connectivity index (χ1) is 14.3. The Morgan fingerprint density at radius 3 is 2.87 bits per heavy atom. The highest BCUT2D eigenvalue weighted by Crippen LogP contribution is 2.57. The summed E-state index contributed by atoms with van der Waals surface area (Å²) in [5.41, 5.74) is 1.11. The Morgan fingerprint density at radius 1 is 1.40 bits per heavy atom. The lowest BCUT2D eigenvalue weighted by Crippen LogP contribution is -2.49. The van der Waals surface area contributed by atoms with Crippen LogP contribution in [0, 0.1) is 0 Å². The van der Waals surface area contributed by atoms with E-state index in [0.29, 0.717) is 35.5 Å². The fraction of sp³-hybridized carbons (Fsp3) is 0.571. The minimum atomic E-state index is -2.66. The van der Waals surface area contributed by atoms with Gasteiger partial charge in [-0.05, 0) is 39.4 Å². The topological polar surface area (TPSA) is 77.1 Å². The third-order valence-corrected chi connectivity index (χ3v) is 5.94. The Balaban J connectivity index is 1.50. The lowest BCUT2D eigenvalue weighted by Gasteiger charge is -2.38. The Labute approximate surface area is 174 Å². The van der Waals surface area contributed by atoms with Gasteiger partial charge in [-0.25, -0.2) is 18.7 Å². The van der Waals surface area contributed by atoms with Crippen LogP contribution in [0.3, 0.4) is 0 Å². The van der Waals surface area contributed by atoms with Crippen molar-refractivity contribution in [3.63, 3.8) is 0 Å². The van der Waals surface area contributed by atoms with Crippen molar-refractivity contribution in [1.82, 2.24) is 24.8 Å². The Morgan fingerprint density at radius 2 is 2.17 bits per heavy atom. The molecule has 1 saturated carbocycles. The minimum Gasteiger partial charge on any atom is -0.365 e. The average molecular weight is 418 g/mol. The second-order valence-corrected chi connectivity index (χ2v) is 8.63. The number of likely N-dealkylation sites (N-methyl/N-ethyl adjacent to an activating group) is 1. The third kappa shape index (κ3) is 4.16. The summed E-state index contributed by atoms with van der Waals surface area (Å²) in [6.07, 6.45) is 8.12. The SMILES string of the molecule is C[C@H]1CCC(Nc2ncnc3[nH]cc([C@@H]4CC4(F)F)c23)CN1C(=O)/C=C/CN(C)C. The van der Waals surface area contributed by atoms with Crippen molar-refractivity contribution in [1.29, 1.82) is 0 Å². The van der Waals surface area contributed by atoms with E-state index in [0.717, 1.165) is 12.8 Å². The summed E-state index contributed by atoms with van der Waals surface area (Å²) in [5, 5.41) is 4.02. The first kappa shape index (κ1) is 20.7. The number of carbonyl (C=O) groups excluding carboxylic acids is 1. The second kappa shape index (κ2) is 7.94. The number of rotatable bonds is 6. The molecular weight excluding hydrogens is 390 g/mol. The normalized spacial score (nSPS) is 25.9. The number of hydrogen-bond acceptors (Lipinski definition) is 5. The van der Waals surface area contributed by atoms with Crippen molar-refractivity contribution >= 4 is 22.8 Å². The van der Waals surface area contributed by atoms with Crippen LogP contribution in [-0.2, 0) is 4.79 Å². The van der Waals surface area contributed by atoms with E-state index in [1.54, 1.807) is 12.3 Å². The highest BCUT2D eigenvalue weighted by molar-refractivity contribution is 5.91. The molecule has 1 aliphatic heterocycles. The number of nitrogens with zero attached hydrogens (tertiary/aromatic N) is 4. The van der Waals surface area contributed by atoms with Gasteiger partial charge in [0.2, 0.25) is 5.91 Å². The number of anilines is 1. The van der Waals surface area contributed by atoms with E-state index in [-0.39, 0.29) is 24.4 Å². The number of amides is 1. The molecule has 7 nitrogen and oxygen atoms in total. The number of aromatic amines is 1. The monoisotopic (exact) mass is 418 g/mol. The van der Waals surface area contributed by atoms with Gasteiger partial charge in [-0.15, -0.1) is 0 Å². The summed E-state index contributed by atoms with van der Waals surface area (Å²) in [6, 6.07) is 0.144. The average Bonchev–Trinajstić information content (AvgIpc) is 3.11. The number of H-pyrrole nitrogens is 1. The van der Waals surface area contributed by atoms with Crippen molar-refractivity contribution < 1.29 is 13.6 Å². The molecule has 0 aromatic carbocycles. The standard InChI is InChI=1S/C21H28F2N6O/c1-13-6-7-14(11-29(13)17(30)5-4-8-28(2)3)27-20-18-15(16-9-21(16,22)23)10-24-19(18)25-12-26-20/h4-5,10,12-14,16H,6-9,11H2,1-3H3,(H2,24,25,26,27)/b5-4+/t13-,14?,16-/m0/s1. The number of halogens is 2. The van der Waals surface area contributed by atoms with E-state index in [9.17, 15) is 13.6 Å². The van der Waals surface area contributed by atoms with Crippen LogP contribution in [0.15, 0.2) is 24.7 Å². The maximum Gasteiger partial charge on any atom is 0.256 e. The number of carbonyl (C=O) groups is 1. The van der Waals surface area contributed by atoms with Gasteiger partial charge >= 0.3 is 0 Å². The van der Waals surface area contributed by atoms with Crippen LogP contribution in [0.1, 0.15) is 37.7 Å². The van der Waals surface area contributed by atoms with Crippen LogP contribution in [0.5, 0.6) is 0 Å². The zero-order valence-corrected chi connectivity index (χ0v) is 17.5. The maximum atomic E-state index is 13.7. The molecule has 0 spiro atoms. The molecule has 3 atom stereocenters. The highest BCUT2D eigenvalue weighted by atomic mass is 19.3. The molecule has 2 aromatic heterocycles. The lowest BCUT2D eigenvalue weighted by molar-refractivity contribution is -0.129. The van der Waals surface area contributed by atoms with E-state index in [4.69, 9.17) is 0 Å². The molecule has 162 valence electrons. The number of fused-ring (bicyclic) bond motifs is 1. The van der Waals surface area contributed by atoms with Crippen LogP contribution in [0.25, 0.3) is 11.0 Å². The molecule has 2 fully saturated rings. The predicted molar refractivity (Wildman–Crippen MR) is 112 cm³/mol. The third-order valence-electron chi connectivity index (χ3n) is 5.94. The summed E-state index contributed by atoms with van der Waals surface area (Å²) in [7, 11) is 3.90. The van der Waals surface area contributed by atoms with Gasteiger partial charge in [0.25, 0.3) is 5.92 Å². The van der Waals surface area contributed by atoms with E-state index >= 15 is 0 Å². The summed E-state index contributed by atoms with van der Waals surface area (Å²) < 4.78 is 27.4. The van der Waals surface area contributed by atoms with Crippen LogP contribution in [-0.4, -0.2) is 75.9 Å². The molecule has 3 heterocycles. The van der Waals surface area contributed by atoms with E-state index < -0.39 is 11.8 Å². The van der Waals surface area contributed by atoms with Crippen molar-refractivity contribution in [2.45, 2.75) is 50.1 Å². The van der Waals surface area contributed by atoms with Crippen LogP contribution < -0.4 is 5.32 Å². The quantitative estimate of drug-likeness (QED) is 0.706. The molecule has 0 bridgehead atoms. The molecule has 4 rings (SSSR count). The zero-order valence-electron chi connectivity index (χ0n) is 17.5. The highest BCUT2D eigenvalue weighted by Gasteiger charge is 2.58. The zero-order chi connectivity index (χ0) is 21.5. The van der Waals surface area contributed by atoms with Gasteiger partial charge in [-0.3, -0.25) is 4.79 Å². The molecule has 9 heteroatoms. The Bertz CT molecular complexity index is 956. The minimum absolute atomic E-state index is 0.00652. The predicted octanol–water partition coefficient (Wildman–Crippen LogP) is 2.99. The molecule has 0 radical (unpaired) electrons. The van der Waals surface area contributed by atoms with Gasteiger partial charge in [-0.1, -0.05) is 6.08 Å². The number of piperidine rings is 1. The number of nitrogens with one attached hydrogen (secondary N) is 2. The number of alkyl halides is 2. The molecule has 1 saturated heterocycles. The van der Waals surface area contributed by atoms with Crippen molar-refractivity contribution in [3.05, 3.63) is 30.2 Å². The molecule has 1 aliphatic carbocycles. The number of hydrogen-bond donors (Lipinski definition) is 2. The number of aromatic nitrogens is 3. The summed E-state index contributed by atoms with van der Waals surface area (Å²) in [6.45, 7) is 3.30. The van der Waals surface area contributed by atoms with Gasteiger partial charge in [0.05, 0.1) is 11.3 Å². The Kier molecular flexibility index (Phi) is 5.48. The van der Waals surface area contributed by atoms with Crippen molar-refractivity contribution in [2.24, 2.45) is 0 Å². The fourth-order valence-electron chi connectivity index (χ4n) is 4.11. The summed E-state index contributed by atoms with van der Waals surface area (Å²) in [4.78, 5) is 28.0. The van der Waals surface area contributed by atoms with Crippen LogP contribution in [0.4, 0.5) is 14.6 Å². The molecule has 2 N–H and O–H groups in total. The lowest BCUT2D eigenvalue weighted by atomic mass is 9.99. The van der Waals surface area contributed by atoms with E-state index in [2.05, 4.69) is 27.2 Å². The molecule has 2 aromatic rings. The first-order valence-corrected chi connectivity index (χ1v) is 10.3. The molecule has 1 amide bonds. The van der Waals surface area contributed by atoms with Crippen molar-refractivity contribution in [2.75, 3.05) is 32.5 Å². The Hall–Kier alpha value is -2.55. The second-order valence-electron chi connectivity index (χ2n) is 8.63. The first-order valence-electron chi connectivity index (χ1n) is 10.3. The summed E-state index contributed by atoms with van der Waals surface area (Å²) >= 11 is 0. The smallest absolute Gasteiger partial charge is 0.256 e. The fourth-order valence-corrected chi connectivity index (χ4v) is 4.11. The van der Waals surface area contributed by atoms with Crippen LogP contribution >= 0.6 is 0 Å². The largest absolute Gasteiger partial charge is 0.365 e. The van der Waals surface area contributed by atoms with Gasteiger partial charge in [0.15, 0.2) is 0 Å². The summed E-state index contributed by atoms with van der Waals surface area (Å²) in [5.74, 6) is -2.91. The van der Waals surface area contributed by atoms with Gasteiger partial charge in [0.1, 0.15) is 17.8 Å². The number of likely N-dealkylation sites (tertiary alicyclic amines) is 1. The molecular formula is C21H28F2N6O. The van der Waals surface area contributed by atoms with E-state index in [1.165, 1.54) is 6.33 Å². The van der Waals surface area contributed by atoms with Crippen molar-refractivity contribution in [3.8, 4) is 0 Å². The van der Waals surface area contributed by atoms with Crippen LogP contribution in [0.2, 0.25) is 0 Å². The van der Waals surface area contributed by atoms with Gasteiger partial charge in [0, 0.05) is 43.9 Å². The van der Waals surface area contributed by atoms with Gasteiger partial charge < -0.3 is 20.1 Å². The molecule has 1 unspecified atom stereocenters.